The molecule has 0 N–H and O–H groups in total. The van der Waals surface area contributed by atoms with Gasteiger partial charge in [0.05, 0.1) is 8.07 Å². The van der Waals surface area contributed by atoms with Crippen LogP contribution in [-0.2, 0) is 31.3 Å². The second-order valence-corrected chi connectivity index (χ2v) is 10.5. The second-order valence-electron chi connectivity index (χ2n) is 5.48. The van der Waals surface area contributed by atoms with Crippen LogP contribution in [0.15, 0.2) is 24.3 Å². The van der Waals surface area contributed by atoms with Crippen molar-refractivity contribution in [2.75, 3.05) is 14.1 Å². The van der Waals surface area contributed by atoms with Gasteiger partial charge in [0.2, 0.25) is 0 Å². The molecule has 1 aromatic rings. The first kappa shape index (κ1) is 29.2. The number of rotatable bonds is 3. The molecule has 1 atom stereocenters. The monoisotopic (exact) mass is 357 g/mol. The standard InChI is InChI=1S/C13H23NSi.3CO.Cr/c1-11(14(2)3)12-9-7-8-10-13(12)15(4,5)6;3*1-2;/h7-11H,1-6H3;;;;/t11-;;;;/m0..../s1. The Bertz CT molecular complexity index is 436. The summed E-state index contributed by atoms with van der Waals surface area (Å²) in [4.78, 5) is 2.28. The van der Waals surface area contributed by atoms with Crippen molar-refractivity contribution in [2.24, 2.45) is 0 Å². The minimum Gasteiger partial charge on any atom is 0 e. The molecule has 0 heterocycles. The van der Waals surface area contributed by atoms with Crippen molar-refractivity contribution in [3.63, 3.8) is 0 Å². The molecule has 0 saturated carbocycles. The zero-order chi connectivity index (χ0) is 17.6. The van der Waals surface area contributed by atoms with Crippen LogP contribution < -0.4 is 5.19 Å². The fourth-order valence-electron chi connectivity index (χ4n) is 1.82. The molecule has 22 heavy (non-hydrogen) atoms. The van der Waals surface area contributed by atoms with Crippen LogP contribution in [0, 0.1) is 20.0 Å². The third-order valence-corrected chi connectivity index (χ3v) is 5.06. The minimum atomic E-state index is -1.21. The summed E-state index contributed by atoms with van der Waals surface area (Å²) >= 11 is 0. The molecule has 0 spiro atoms. The summed E-state index contributed by atoms with van der Waals surface area (Å²) in [6, 6.07) is 9.41. The van der Waals surface area contributed by atoms with Gasteiger partial charge in [-0.2, -0.15) is 0 Å². The van der Waals surface area contributed by atoms with E-state index in [2.05, 4.69) is 89.8 Å². The molecule has 0 radical (unpaired) electrons. The summed E-state index contributed by atoms with van der Waals surface area (Å²) in [5.74, 6) is 0. The predicted octanol–water partition coefficient (Wildman–Crippen LogP) is 2.74. The Hall–Kier alpha value is -0.851. The molecule has 6 heteroatoms. The van der Waals surface area contributed by atoms with Gasteiger partial charge in [-0.1, -0.05) is 49.1 Å². The Labute approximate surface area is 146 Å². The van der Waals surface area contributed by atoms with Gasteiger partial charge in [-0.05, 0) is 26.6 Å². The van der Waals surface area contributed by atoms with Crippen molar-refractivity contribution in [3.05, 3.63) is 49.8 Å². The normalized spacial score (nSPS) is 10.0. The molecular formula is C16H23CrNO3Si. The van der Waals surface area contributed by atoms with Crippen LogP contribution in [0.2, 0.25) is 19.6 Å². The van der Waals surface area contributed by atoms with E-state index < -0.39 is 8.07 Å². The van der Waals surface area contributed by atoms with Gasteiger partial charge in [-0.25, -0.2) is 0 Å². The van der Waals surface area contributed by atoms with Gasteiger partial charge in [0.15, 0.2) is 0 Å². The molecule has 1 aromatic carbocycles. The Balaban J connectivity index is -0.000000206. The molecule has 0 aliphatic rings. The van der Waals surface area contributed by atoms with E-state index in [1.165, 1.54) is 5.56 Å². The largest absolute Gasteiger partial charge is 0 e. The summed E-state index contributed by atoms with van der Waals surface area (Å²) in [6.07, 6.45) is 0. The van der Waals surface area contributed by atoms with Crippen LogP contribution in [-0.4, -0.2) is 27.1 Å². The predicted molar refractivity (Wildman–Crippen MR) is 83.3 cm³/mol. The van der Waals surface area contributed by atoms with E-state index in [0.29, 0.717) is 6.04 Å². The quantitative estimate of drug-likeness (QED) is 0.466. The van der Waals surface area contributed by atoms with E-state index >= 15 is 0 Å². The van der Waals surface area contributed by atoms with Crippen molar-refractivity contribution in [1.82, 2.24) is 4.90 Å². The molecule has 0 saturated heterocycles. The topological polar surface area (TPSA) is 62.9 Å². The smallest absolute Gasteiger partial charge is 0 e. The Morgan fingerprint density at radius 2 is 1.27 bits per heavy atom. The second kappa shape index (κ2) is 16.5. The van der Waals surface area contributed by atoms with Crippen LogP contribution in [0.5, 0.6) is 0 Å². The third-order valence-electron chi connectivity index (χ3n) is 2.99. The fourth-order valence-corrected chi connectivity index (χ4v) is 3.58. The zero-order valence-corrected chi connectivity index (χ0v) is 16.2. The van der Waals surface area contributed by atoms with Crippen molar-refractivity contribution in [2.45, 2.75) is 32.6 Å². The average Bonchev–Trinajstić information content (AvgIpc) is 2.51. The van der Waals surface area contributed by atoms with Crippen molar-refractivity contribution < 1.29 is 31.3 Å². The molecule has 0 aliphatic carbocycles. The maximum Gasteiger partial charge on any atom is 0 e. The molecule has 4 nitrogen and oxygen atoms in total. The summed E-state index contributed by atoms with van der Waals surface area (Å²) in [7, 11) is 3.08. The first-order valence-corrected chi connectivity index (χ1v) is 9.71. The number of benzene rings is 1. The first-order valence-electron chi connectivity index (χ1n) is 6.21. The average molecular weight is 357 g/mol. The van der Waals surface area contributed by atoms with E-state index in [-0.39, 0.29) is 17.4 Å². The molecule has 0 aromatic heterocycles. The van der Waals surface area contributed by atoms with Crippen LogP contribution in [0.1, 0.15) is 18.5 Å². The van der Waals surface area contributed by atoms with Crippen LogP contribution in [0.25, 0.3) is 0 Å². The maximum atomic E-state index is 7.50. The number of nitrogens with zero attached hydrogens (tertiary/aromatic N) is 1. The first-order chi connectivity index (χ1) is 9.84. The summed E-state index contributed by atoms with van der Waals surface area (Å²) in [6.45, 7) is 23.0. The van der Waals surface area contributed by atoms with Gasteiger partial charge in [0.25, 0.3) is 0 Å². The Morgan fingerprint density at radius 3 is 1.59 bits per heavy atom. The van der Waals surface area contributed by atoms with E-state index in [1.54, 1.807) is 5.19 Å². The molecule has 0 aliphatic heterocycles. The van der Waals surface area contributed by atoms with E-state index in [9.17, 15) is 0 Å². The molecule has 0 unspecified atom stereocenters. The van der Waals surface area contributed by atoms with Gasteiger partial charge in [0.1, 0.15) is 0 Å². The van der Waals surface area contributed by atoms with Gasteiger partial charge >= 0.3 is 33.9 Å². The van der Waals surface area contributed by atoms with E-state index in [0.717, 1.165) is 0 Å². The van der Waals surface area contributed by atoms with Gasteiger partial charge in [-0.15, -0.1) is 0 Å². The van der Waals surface area contributed by atoms with Crippen molar-refractivity contribution >= 4 is 13.3 Å². The van der Waals surface area contributed by atoms with Crippen molar-refractivity contribution in [3.8, 4) is 0 Å². The summed E-state index contributed by atoms with van der Waals surface area (Å²) < 4.78 is 22.5. The molecule has 1 rings (SSSR count). The van der Waals surface area contributed by atoms with Crippen LogP contribution >= 0.6 is 0 Å². The van der Waals surface area contributed by atoms with E-state index in [4.69, 9.17) is 14.0 Å². The Morgan fingerprint density at radius 1 is 0.909 bits per heavy atom. The molecule has 0 bridgehead atoms. The molecule has 0 amide bonds. The van der Waals surface area contributed by atoms with Crippen LogP contribution in [0.4, 0.5) is 0 Å². The van der Waals surface area contributed by atoms with Crippen LogP contribution in [0.3, 0.4) is 0 Å². The van der Waals surface area contributed by atoms with Gasteiger partial charge in [0, 0.05) is 23.4 Å². The molecule has 120 valence electrons. The SMILES string of the molecule is C[C@@H](c1ccccc1[Si](C)(C)C)N(C)C.[C-]#[O+].[C-]#[O+].[C-]#[O+].[Cr]. The van der Waals surface area contributed by atoms with Gasteiger partial charge in [-0.3, -0.25) is 0 Å². The van der Waals surface area contributed by atoms with Crippen molar-refractivity contribution in [1.29, 1.82) is 0 Å². The Kier molecular flexibility index (Phi) is 21.9. The maximum absolute atomic E-state index is 7.50. The molecular weight excluding hydrogens is 334 g/mol. The zero-order valence-electron chi connectivity index (χ0n) is 14.0. The fraction of sp³-hybridized carbons (Fsp3) is 0.438. The molecule has 0 fully saturated rings. The van der Waals surface area contributed by atoms with E-state index in [1.807, 2.05) is 0 Å². The number of hydrogen-bond donors (Lipinski definition) is 0. The summed E-state index contributed by atoms with van der Waals surface area (Å²) in [5, 5.41) is 1.59. The summed E-state index contributed by atoms with van der Waals surface area (Å²) in [5.41, 5.74) is 1.50. The third kappa shape index (κ3) is 10.8. The minimum absolute atomic E-state index is 0. The number of hydrogen-bond acceptors (Lipinski definition) is 1. The van der Waals surface area contributed by atoms with Gasteiger partial charge < -0.3 is 4.90 Å².